The van der Waals surface area contributed by atoms with Crippen molar-refractivity contribution in [2.24, 2.45) is 0 Å². The van der Waals surface area contributed by atoms with Crippen LogP contribution in [0.1, 0.15) is 5.82 Å². The predicted octanol–water partition coefficient (Wildman–Crippen LogP) is 2.12. The van der Waals surface area contributed by atoms with Crippen LogP contribution in [0.2, 0.25) is 0 Å². The third-order valence-corrected chi connectivity index (χ3v) is 2.31. The van der Waals surface area contributed by atoms with E-state index < -0.39 is 0 Å². The van der Waals surface area contributed by atoms with Crippen molar-refractivity contribution in [3.63, 3.8) is 0 Å². The van der Waals surface area contributed by atoms with Crippen LogP contribution in [-0.4, -0.2) is 20.8 Å². The molecule has 1 aromatic heterocycles. The Morgan fingerprint density at radius 2 is 1.89 bits per heavy atom. The summed E-state index contributed by atoms with van der Waals surface area (Å²) < 4.78 is 12.8. The van der Waals surface area contributed by atoms with Gasteiger partial charge in [0.1, 0.15) is 11.6 Å². The Morgan fingerprint density at radius 3 is 2.56 bits per heavy atom. The molecule has 0 amide bonds. The second-order valence-corrected chi connectivity index (χ2v) is 3.88. The second kappa shape index (κ2) is 5.59. The third-order valence-electron chi connectivity index (χ3n) is 2.12. The van der Waals surface area contributed by atoms with E-state index in [1.54, 1.807) is 12.1 Å². The normalized spacial score (nSPS) is 10.3. The first-order valence-corrected chi connectivity index (χ1v) is 5.80. The van der Waals surface area contributed by atoms with Gasteiger partial charge in [0.15, 0.2) is 0 Å². The van der Waals surface area contributed by atoms with E-state index in [1.807, 2.05) is 0 Å². The standard InChI is InChI=1S/C11H11ClFN5/c12-6-5-9-16-10(14)18-11(17-9)15-8-3-1-7(13)2-4-8/h1-4H,5-6H2,(H3,14,15,16,17,18). The van der Waals surface area contributed by atoms with Gasteiger partial charge in [-0.25, -0.2) is 4.39 Å². The van der Waals surface area contributed by atoms with Gasteiger partial charge in [-0.3, -0.25) is 0 Å². The minimum Gasteiger partial charge on any atom is -0.368 e. The Kier molecular flexibility index (Phi) is 3.88. The van der Waals surface area contributed by atoms with Crippen molar-refractivity contribution < 1.29 is 4.39 Å². The summed E-state index contributed by atoms with van der Waals surface area (Å²) in [6.45, 7) is 0. The van der Waals surface area contributed by atoms with Gasteiger partial charge in [0.25, 0.3) is 0 Å². The molecule has 0 aliphatic heterocycles. The molecule has 2 rings (SSSR count). The molecule has 5 nitrogen and oxygen atoms in total. The summed E-state index contributed by atoms with van der Waals surface area (Å²) in [4.78, 5) is 12.0. The molecule has 0 fully saturated rings. The molecule has 18 heavy (non-hydrogen) atoms. The summed E-state index contributed by atoms with van der Waals surface area (Å²) in [5, 5.41) is 2.92. The van der Waals surface area contributed by atoms with Crippen LogP contribution in [-0.2, 0) is 6.42 Å². The first-order chi connectivity index (χ1) is 8.67. The first kappa shape index (κ1) is 12.5. The first-order valence-electron chi connectivity index (χ1n) is 5.26. The van der Waals surface area contributed by atoms with Gasteiger partial charge in [-0.1, -0.05) is 0 Å². The minimum atomic E-state index is -0.307. The molecule has 0 unspecified atom stereocenters. The average Bonchev–Trinajstić information content (AvgIpc) is 2.32. The lowest BCUT2D eigenvalue weighted by atomic mass is 10.3. The van der Waals surface area contributed by atoms with Gasteiger partial charge in [-0.15, -0.1) is 11.6 Å². The number of aryl methyl sites for hydroxylation is 1. The monoisotopic (exact) mass is 267 g/mol. The molecular formula is C11H11ClFN5. The number of alkyl halides is 1. The van der Waals surface area contributed by atoms with Crippen molar-refractivity contribution in [2.75, 3.05) is 16.9 Å². The highest BCUT2D eigenvalue weighted by Gasteiger charge is 2.04. The van der Waals surface area contributed by atoms with Crippen LogP contribution in [0.3, 0.4) is 0 Å². The number of rotatable bonds is 4. The van der Waals surface area contributed by atoms with Gasteiger partial charge in [-0.05, 0) is 24.3 Å². The van der Waals surface area contributed by atoms with E-state index in [9.17, 15) is 4.39 Å². The van der Waals surface area contributed by atoms with E-state index in [0.717, 1.165) is 0 Å². The molecule has 1 aromatic carbocycles. The SMILES string of the molecule is Nc1nc(CCCl)nc(Nc2ccc(F)cc2)n1. The van der Waals surface area contributed by atoms with Crippen molar-refractivity contribution in [1.82, 2.24) is 15.0 Å². The zero-order valence-corrected chi connectivity index (χ0v) is 10.2. The van der Waals surface area contributed by atoms with Crippen LogP contribution in [0.25, 0.3) is 0 Å². The third kappa shape index (κ3) is 3.27. The van der Waals surface area contributed by atoms with Crippen LogP contribution >= 0.6 is 11.6 Å². The number of benzene rings is 1. The quantitative estimate of drug-likeness (QED) is 0.830. The van der Waals surface area contributed by atoms with Crippen LogP contribution in [0.15, 0.2) is 24.3 Å². The highest BCUT2D eigenvalue weighted by molar-refractivity contribution is 6.17. The van der Waals surface area contributed by atoms with E-state index >= 15 is 0 Å². The van der Waals surface area contributed by atoms with E-state index in [4.69, 9.17) is 17.3 Å². The lowest BCUT2D eigenvalue weighted by Crippen LogP contribution is -2.07. The number of nitrogens with zero attached hydrogens (tertiary/aromatic N) is 3. The number of aromatic nitrogens is 3. The summed E-state index contributed by atoms with van der Waals surface area (Å²) in [5.74, 6) is 1.05. The largest absolute Gasteiger partial charge is 0.368 e. The molecule has 1 heterocycles. The Bertz CT molecular complexity index is 531. The molecule has 0 radical (unpaired) electrons. The number of hydrogen-bond donors (Lipinski definition) is 2. The molecule has 3 N–H and O–H groups in total. The molecule has 7 heteroatoms. The lowest BCUT2D eigenvalue weighted by molar-refractivity contribution is 0.628. The zero-order valence-electron chi connectivity index (χ0n) is 9.40. The van der Waals surface area contributed by atoms with Crippen LogP contribution < -0.4 is 11.1 Å². The van der Waals surface area contributed by atoms with Gasteiger partial charge in [0, 0.05) is 18.0 Å². The number of nitrogens with two attached hydrogens (primary N) is 1. The summed E-state index contributed by atoms with van der Waals surface area (Å²) >= 11 is 5.62. The maximum absolute atomic E-state index is 12.8. The van der Waals surface area contributed by atoms with Crippen molar-refractivity contribution in [3.05, 3.63) is 35.9 Å². The molecular weight excluding hydrogens is 257 g/mol. The zero-order chi connectivity index (χ0) is 13.0. The van der Waals surface area contributed by atoms with Crippen molar-refractivity contribution in [3.8, 4) is 0 Å². The molecule has 0 aliphatic rings. The van der Waals surface area contributed by atoms with Crippen LogP contribution in [0, 0.1) is 5.82 Å². The van der Waals surface area contributed by atoms with Crippen molar-refractivity contribution in [1.29, 1.82) is 0 Å². The molecule has 2 aromatic rings. The van der Waals surface area contributed by atoms with Crippen molar-refractivity contribution >= 4 is 29.2 Å². The molecule has 0 aliphatic carbocycles. The molecule has 0 atom stereocenters. The van der Waals surface area contributed by atoms with Crippen LogP contribution in [0.5, 0.6) is 0 Å². The molecule has 0 saturated carbocycles. The smallest absolute Gasteiger partial charge is 0.232 e. The van der Waals surface area contributed by atoms with E-state index in [0.29, 0.717) is 29.8 Å². The Morgan fingerprint density at radius 1 is 1.17 bits per heavy atom. The van der Waals surface area contributed by atoms with E-state index in [1.165, 1.54) is 12.1 Å². The maximum atomic E-state index is 12.8. The summed E-state index contributed by atoms with van der Waals surface area (Å²) in [5.41, 5.74) is 6.23. The van der Waals surface area contributed by atoms with Gasteiger partial charge < -0.3 is 11.1 Å². The Balaban J connectivity index is 2.20. The van der Waals surface area contributed by atoms with Gasteiger partial charge in [0.2, 0.25) is 11.9 Å². The molecule has 0 saturated heterocycles. The number of nitrogens with one attached hydrogen (secondary N) is 1. The number of hydrogen-bond acceptors (Lipinski definition) is 5. The van der Waals surface area contributed by atoms with Gasteiger partial charge in [0.05, 0.1) is 0 Å². The molecule has 94 valence electrons. The Labute approximate surface area is 108 Å². The lowest BCUT2D eigenvalue weighted by Gasteiger charge is -2.06. The highest BCUT2D eigenvalue weighted by Crippen LogP contribution is 2.14. The minimum absolute atomic E-state index is 0.120. The predicted molar refractivity (Wildman–Crippen MR) is 68.3 cm³/mol. The van der Waals surface area contributed by atoms with E-state index in [-0.39, 0.29) is 11.8 Å². The highest BCUT2D eigenvalue weighted by atomic mass is 35.5. The van der Waals surface area contributed by atoms with Gasteiger partial charge in [-0.2, -0.15) is 15.0 Å². The van der Waals surface area contributed by atoms with Gasteiger partial charge >= 0.3 is 0 Å². The summed E-state index contributed by atoms with van der Waals surface area (Å²) in [6, 6.07) is 5.84. The number of halogens is 2. The average molecular weight is 268 g/mol. The number of anilines is 3. The maximum Gasteiger partial charge on any atom is 0.232 e. The summed E-state index contributed by atoms with van der Waals surface area (Å²) in [7, 11) is 0. The fourth-order valence-corrected chi connectivity index (χ4v) is 1.52. The fourth-order valence-electron chi connectivity index (χ4n) is 1.35. The van der Waals surface area contributed by atoms with Crippen molar-refractivity contribution in [2.45, 2.75) is 6.42 Å². The summed E-state index contributed by atoms with van der Waals surface area (Å²) in [6.07, 6.45) is 0.506. The van der Waals surface area contributed by atoms with E-state index in [2.05, 4.69) is 20.3 Å². The Hall–Kier alpha value is -1.95. The second-order valence-electron chi connectivity index (χ2n) is 3.50. The molecule has 0 bridgehead atoms. The number of nitrogen functional groups attached to an aromatic ring is 1. The molecule has 0 spiro atoms. The topological polar surface area (TPSA) is 76.7 Å². The van der Waals surface area contributed by atoms with Crippen LogP contribution in [0.4, 0.5) is 22.0 Å². The fraction of sp³-hybridized carbons (Fsp3) is 0.182.